The second kappa shape index (κ2) is 9.06. The van der Waals surface area contributed by atoms with E-state index in [2.05, 4.69) is 10.4 Å². The minimum absolute atomic E-state index is 0. The van der Waals surface area contributed by atoms with E-state index in [1.54, 1.807) is 10.9 Å². The number of amides is 1. The van der Waals surface area contributed by atoms with Crippen LogP contribution < -0.4 is 11.1 Å². The molecular formula is C17H24Cl2N4O. The predicted octanol–water partition coefficient (Wildman–Crippen LogP) is 3.40. The van der Waals surface area contributed by atoms with E-state index in [0.29, 0.717) is 23.7 Å². The maximum absolute atomic E-state index is 12.5. The van der Waals surface area contributed by atoms with Crippen molar-refractivity contribution in [1.29, 1.82) is 0 Å². The number of aromatic nitrogens is 2. The van der Waals surface area contributed by atoms with Gasteiger partial charge in [-0.1, -0.05) is 32.4 Å². The zero-order valence-electron chi connectivity index (χ0n) is 14.1. The molecule has 0 radical (unpaired) electrons. The molecule has 2 aromatic rings. The Balaban J connectivity index is 0.00000288. The molecule has 24 heavy (non-hydrogen) atoms. The fraction of sp³-hybridized carbons (Fsp3) is 0.412. The summed E-state index contributed by atoms with van der Waals surface area (Å²) in [5.41, 5.74) is 7.95. The predicted molar refractivity (Wildman–Crippen MR) is 100 cm³/mol. The van der Waals surface area contributed by atoms with Crippen LogP contribution in [0.25, 0.3) is 5.69 Å². The van der Waals surface area contributed by atoms with Gasteiger partial charge in [-0.25, -0.2) is 4.68 Å². The maximum atomic E-state index is 12.5. The van der Waals surface area contributed by atoms with Crippen molar-refractivity contribution in [3.8, 4) is 5.69 Å². The van der Waals surface area contributed by atoms with Crippen LogP contribution in [0.4, 0.5) is 0 Å². The molecule has 7 heteroatoms. The number of nitrogens with one attached hydrogen (secondary N) is 1. The van der Waals surface area contributed by atoms with Gasteiger partial charge in [-0.2, -0.15) is 5.10 Å². The van der Waals surface area contributed by atoms with E-state index < -0.39 is 0 Å². The summed E-state index contributed by atoms with van der Waals surface area (Å²) >= 11 is 5.94. The first kappa shape index (κ1) is 20.5. The highest BCUT2D eigenvalue weighted by atomic mass is 35.5. The summed E-state index contributed by atoms with van der Waals surface area (Å²) < 4.78 is 1.79. The van der Waals surface area contributed by atoms with Crippen molar-refractivity contribution in [3.63, 3.8) is 0 Å². The summed E-state index contributed by atoms with van der Waals surface area (Å²) in [4.78, 5) is 12.5. The van der Waals surface area contributed by atoms with Crippen LogP contribution in [0.15, 0.2) is 30.5 Å². The molecule has 0 saturated heterocycles. The average molecular weight is 371 g/mol. The number of nitrogens with two attached hydrogens (primary N) is 1. The Morgan fingerprint density at radius 2 is 1.92 bits per heavy atom. The molecule has 0 spiro atoms. The Hall–Kier alpha value is -1.56. The van der Waals surface area contributed by atoms with Crippen molar-refractivity contribution in [2.75, 3.05) is 13.1 Å². The Bertz CT molecular complexity index is 668. The summed E-state index contributed by atoms with van der Waals surface area (Å²) in [6.45, 7) is 7.19. The number of carbonyl (C=O) groups is 1. The largest absolute Gasteiger partial charge is 0.352 e. The molecule has 0 aliphatic rings. The molecule has 0 aliphatic heterocycles. The van der Waals surface area contributed by atoms with Gasteiger partial charge in [-0.15, -0.1) is 12.4 Å². The lowest BCUT2D eigenvalue weighted by Gasteiger charge is -2.14. The van der Waals surface area contributed by atoms with Crippen LogP contribution in [-0.4, -0.2) is 28.8 Å². The van der Waals surface area contributed by atoms with E-state index in [1.165, 1.54) is 0 Å². The molecule has 0 saturated carbocycles. The van der Waals surface area contributed by atoms with Crippen LogP contribution in [0, 0.1) is 5.92 Å². The third-order valence-electron chi connectivity index (χ3n) is 3.68. The number of hydrogen-bond donors (Lipinski definition) is 2. The number of rotatable bonds is 6. The summed E-state index contributed by atoms with van der Waals surface area (Å²) in [7, 11) is 0. The van der Waals surface area contributed by atoms with Gasteiger partial charge in [0.15, 0.2) is 0 Å². The lowest BCUT2D eigenvalue weighted by Crippen LogP contribution is -2.31. The Labute approximate surface area is 154 Å². The average Bonchev–Trinajstić information content (AvgIpc) is 2.98. The quantitative estimate of drug-likeness (QED) is 0.818. The molecule has 132 valence electrons. The first-order valence-electron chi connectivity index (χ1n) is 7.76. The Kier molecular flexibility index (Phi) is 7.73. The highest BCUT2D eigenvalue weighted by Gasteiger charge is 2.21. The first-order valence-corrected chi connectivity index (χ1v) is 8.14. The van der Waals surface area contributed by atoms with Crippen molar-refractivity contribution in [2.45, 2.75) is 26.7 Å². The molecule has 1 unspecified atom stereocenters. The lowest BCUT2D eigenvalue weighted by atomic mass is 10.0. The van der Waals surface area contributed by atoms with Crippen molar-refractivity contribution in [3.05, 3.63) is 46.7 Å². The van der Waals surface area contributed by atoms with Crippen molar-refractivity contribution < 1.29 is 4.79 Å². The Morgan fingerprint density at radius 1 is 1.29 bits per heavy atom. The van der Waals surface area contributed by atoms with E-state index in [4.69, 9.17) is 17.3 Å². The lowest BCUT2D eigenvalue weighted by molar-refractivity contribution is 0.0947. The maximum Gasteiger partial charge on any atom is 0.254 e. The standard InChI is InChI=1S/C17H23ClN4O.ClH/c1-11(2)16-15(17(23)20-9-12(3)8-19)10-21-22(16)14-6-4-13(18)5-7-14;/h4-7,10-12H,8-9,19H2,1-3H3,(H,20,23);1H. The molecule has 1 atom stereocenters. The molecule has 3 N–H and O–H groups in total. The van der Waals surface area contributed by atoms with Gasteiger partial charge in [-0.05, 0) is 42.6 Å². The van der Waals surface area contributed by atoms with Crippen LogP contribution in [0.3, 0.4) is 0 Å². The smallest absolute Gasteiger partial charge is 0.254 e. The summed E-state index contributed by atoms with van der Waals surface area (Å²) in [6, 6.07) is 7.40. The van der Waals surface area contributed by atoms with Crippen LogP contribution >= 0.6 is 24.0 Å². The summed E-state index contributed by atoms with van der Waals surface area (Å²) in [5, 5.41) is 7.99. The zero-order chi connectivity index (χ0) is 17.0. The van der Waals surface area contributed by atoms with Gasteiger partial charge >= 0.3 is 0 Å². The van der Waals surface area contributed by atoms with Crippen molar-refractivity contribution in [2.24, 2.45) is 11.7 Å². The summed E-state index contributed by atoms with van der Waals surface area (Å²) in [5.74, 6) is 0.280. The monoisotopic (exact) mass is 370 g/mol. The van der Waals surface area contributed by atoms with Gasteiger partial charge in [-0.3, -0.25) is 4.79 Å². The first-order chi connectivity index (χ1) is 10.9. The van der Waals surface area contributed by atoms with Crippen molar-refractivity contribution >= 4 is 29.9 Å². The molecule has 0 bridgehead atoms. The molecule has 0 fully saturated rings. The van der Waals surface area contributed by atoms with Gasteiger partial charge in [0, 0.05) is 11.6 Å². The third kappa shape index (κ3) is 4.72. The minimum Gasteiger partial charge on any atom is -0.352 e. The van der Waals surface area contributed by atoms with E-state index >= 15 is 0 Å². The molecular weight excluding hydrogens is 347 g/mol. The molecule has 2 rings (SSSR count). The number of carbonyl (C=O) groups excluding carboxylic acids is 1. The number of benzene rings is 1. The molecule has 5 nitrogen and oxygen atoms in total. The molecule has 0 aliphatic carbocycles. The topological polar surface area (TPSA) is 72.9 Å². The number of hydrogen-bond acceptors (Lipinski definition) is 3. The molecule has 1 aromatic heterocycles. The van der Waals surface area contributed by atoms with Gasteiger partial charge in [0.1, 0.15) is 0 Å². The van der Waals surface area contributed by atoms with E-state index in [0.717, 1.165) is 11.4 Å². The normalized spacial score (nSPS) is 11.9. The number of halogens is 2. The van der Waals surface area contributed by atoms with Crippen LogP contribution in [0.2, 0.25) is 5.02 Å². The fourth-order valence-electron chi connectivity index (χ4n) is 2.32. The van der Waals surface area contributed by atoms with Crippen LogP contribution in [0.1, 0.15) is 42.7 Å². The second-order valence-corrected chi connectivity index (χ2v) is 6.47. The second-order valence-electron chi connectivity index (χ2n) is 6.04. The highest BCUT2D eigenvalue weighted by molar-refractivity contribution is 6.30. The van der Waals surface area contributed by atoms with E-state index in [-0.39, 0.29) is 30.2 Å². The van der Waals surface area contributed by atoms with Crippen molar-refractivity contribution in [1.82, 2.24) is 15.1 Å². The van der Waals surface area contributed by atoms with Crippen LogP contribution in [0.5, 0.6) is 0 Å². The van der Waals surface area contributed by atoms with Gasteiger partial charge in [0.2, 0.25) is 0 Å². The third-order valence-corrected chi connectivity index (χ3v) is 3.93. The minimum atomic E-state index is -0.116. The van der Waals surface area contributed by atoms with Crippen LogP contribution in [-0.2, 0) is 0 Å². The zero-order valence-corrected chi connectivity index (χ0v) is 15.7. The fourth-order valence-corrected chi connectivity index (χ4v) is 2.45. The Morgan fingerprint density at radius 3 is 2.46 bits per heavy atom. The molecule has 1 aromatic carbocycles. The number of nitrogens with zero attached hydrogens (tertiary/aromatic N) is 2. The SMILES string of the molecule is CC(CN)CNC(=O)c1cnn(-c2ccc(Cl)cc2)c1C(C)C.Cl. The molecule has 1 amide bonds. The van der Waals surface area contributed by atoms with Gasteiger partial charge < -0.3 is 11.1 Å². The van der Waals surface area contributed by atoms with E-state index in [9.17, 15) is 4.79 Å². The molecule has 1 heterocycles. The van der Waals surface area contributed by atoms with Gasteiger partial charge in [0.25, 0.3) is 5.91 Å². The highest BCUT2D eigenvalue weighted by Crippen LogP contribution is 2.24. The van der Waals surface area contributed by atoms with Gasteiger partial charge in [0.05, 0.1) is 23.1 Å². The van der Waals surface area contributed by atoms with E-state index in [1.807, 2.05) is 45.0 Å². The summed E-state index contributed by atoms with van der Waals surface area (Å²) in [6.07, 6.45) is 1.62.